The molecule has 6 heteroatoms. The molecule has 0 bridgehead atoms. The Bertz CT molecular complexity index is 1010. The lowest BCUT2D eigenvalue weighted by atomic mass is 10.1. The second kappa shape index (κ2) is 8.73. The SMILES string of the molecule is Cc1cccc(NC(=O)c2ccc(N=Cc3ccc(CC(=O)O)cc3)cc2)n1. The number of aliphatic carboxylic acids is 1. The first-order chi connectivity index (χ1) is 13.5. The van der Waals surface area contributed by atoms with Crippen LogP contribution in [0.5, 0.6) is 0 Å². The van der Waals surface area contributed by atoms with Crippen LogP contribution in [0.2, 0.25) is 0 Å². The molecule has 2 aromatic carbocycles. The number of nitrogens with one attached hydrogen (secondary N) is 1. The predicted molar refractivity (Wildman–Crippen MR) is 108 cm³/mol. The van der Waals surface area contributed by atoms with E-state index in [9.17, 15) is 9.59 Å². The van der Waals surface area contributed by atoms with Gasteiger partial charge < -0.3 is 10.4 Å². The number of amides is 1. The number of aliphatic imine (C=N–C) groups is 1. The third-order valence-electron chi connectivity index (χ3n) is 3.96. The number of nitrogens with zero attached hydrogens (tertiary/aromatic N) is 2. The van der Waals surface area contributed by atoms with E-state index in [1.54, 1.807) is 48.7 Å². The average Bonchev–Trinajstić information content (AvgIpc) is 2.67. The summed E-state index contributed by atoms with van der Waals surface area (Å²) >= 11 is 0. The van der Waals surface area contributed by atoms with Crippen molar-refractivity contribution in [1.29, 1.82) is 0 Å². The van der Waals surface area contributed by atoms with Crippen molar-refractivity contribution in [3.05, 3.63) is 89.1 Å². The summed E-state index contributed by atoms with van der Waals surface area (Å²) in [4.78, 5) is 31.6. The Morgan fingerprint density at radius 3 is 2.39 bits per heavy atom. The Labute approximate surface area is 162 Å². The normalized spacial score (nSPS) is 10.8. The van der Waals surface area contributed by atoms with E-state index in [1.165, 1.54) is 0 Å². The fourth-order valence-electron chi connectivity index (χ4n) is 2.55. The Kier molecular flexibility index (Phi) is 5.91. The van der Waals surface area contributed by atoms with Gasteiger partial charge in [0.25, 0.3) is 5.91 Å². The molecule has 1 heterocycles. The zero-order valence-corrected chi connectivity index (χ0v) is 15.3. The molecule has 28 heavy (non-hydrogen) atoms. The number of carboxylic acids is 1. The quantitative estimate of drug-likeness (QED) is 0.639. The Hall–Kier alpha value is -3.80. The number of carbonyl (C=O) groups is 2. The highest BCUT2D eigenvalue weighted by Crippen LogP contribution is 2.15. The van der Waals surface area contributed by atoms with E-state index >= 15 is 0 Å². The highest BCUT2D eigenvalue weighted by molar-refractivity contribution is 6.03. The van der Waals surface area contributed by atoms with Gasteiger partial charge in [0.1, 0.15) is 5.82 Å². The minimum atomic E-state index is -0.858. The van der Waals surface area contributed by atoms with Crippen LogP contribution in [0, 0.1) is 6.92 Å². The van der Waals surface area contributed by atoms with Crippen LogP contribution in [0.3, 0.4) is 0 Å². The van der Waals surface area contributed by atoms with E-state index in [2.05, 4.69) is 15.3 Å². The lowest BCUT2D eigenvalue weighted by Gasteiger charge is -2.05. The zero-order chi connectivity index (χ0) is 19.9. The van der Waals surface area contributed by atoms with Crippen molar-refractivity contribution in [3.8, 4) is 0 Å². The van der Waals surface area contributed by atoms with E-state index < -0.39 is 5.97 Å². The summed E-state index contributed by atoms with van der Waals surface area (Å²) in [6.45, 7) is 1.86. The monoisotopic (exact) mass is 373 g/mol. The van der Waals surface area contributed by atoms with Crippen molar-refractivity contribution >= 4 is 29.6 Å². The molecule has 3 rings (SSSR count). The number of anilines is 1. The van der Waals surface area contributed by atoms with Gasteiger partial charge in [-0.15, -0.1) is 0 Å². The van der Waals surface area contributed by atoms with Crippen LogP contribution in [0.4, 0.5) is 11.5 Å². The van der Waals surface area contributed by atoms with Crippen molar-refractivity contribution in [1.82, 2.24) is 4.98 Å². The minimum absolute atomic E-state index is 0.000973. The molecule has 1 aromatic heterocycles. The van der Waals surface area contributed by atoms with E-state index in [0.717, 1.165) is 16.8 Å². The van der Waals surface area contributed by atoms with E-state index in [-0.39, 0.29) is 12.3 Å². The molecule has 0 saturated heterocycles. The van der Waals surface area contributed by atoms with Gasteiger partial charge in [-0.05, 0) is 54.4 Å². The first-order valence-electron chi connectivity index (χ1n) is 8.69. The van der Waals surface area contributed by atoms with E-state index in [1.807, 2.05) is 31.2 Å². The summed E-state index contributed by atoms with van der Waals surface area (Å²) in [5, 5.41) is 11.6. The van der Waals surface area contributed by atoms with Crippen molar-refractivity contribution in [2.24, 2.45) is 4.99 Å². The maximum absolute atomic E-state index is 12.3. The molecule has 0 unspecified atom stereocenters. The molecule has 3 aromatic rings. The smallest absolute Gasteiger partial charge is 0.307 e. The number of hydrogen-bond acceptors (Lipinski definition) is 4. The number of benzene rings is 2. The van der Waals surface area contributed by atoms with Gasteiger partial charge in [0.15, 0.2) is 0 Å². The zero-order valence-electron chi connectivity index (χ0n) is 15.3. The van der Waals surface area contributed by atoms with Crippen LogP contribution in [0.1, 0.15) is 27.2 Å². The minimum Gasteiger partial charge on any atom is -0.481 e. The molecule has 0 aliphatic rings. The van der Waals surface area contributed by atoms with Gasteiger partial charge in [-0.3, -0.25) is 14.6 Å². The second-order valence-electron chi connectivity index (χ2n) is 6.24. The van der Waals surface area contributed by atoms with Crippen LogP contribution in [-0.2, 0) is 11.2 Å². The molecule has 0 aliphatic heterocycles. The molecule has 6 nitrogen and oxygen atoms in total. The lowest BCUT2D eigenvalue weighted by molar-refractivity contribution is -0.136. The van der Waals surface area contributed by atoms with Gasteiger partial charge >= 0.3 is 5.97 Å². The van der Waals surface area contributed by atoms with Crippen LogP contribution < -0.4 is 5.32 Å². The number of rotatable bonds is 6. The Morgan fingerprint density at radius 1 is 1.04 bits per heavy atom. The second-order valence-corrected chi connectivity index (χ2v) is 6.24. The number of carboxylic acid groups (broad SMARTS) is 1. The summed E-state index contributed by atoms with van der Waals surface area (Å²) in [5.74, 6) is -0.579. The number of aromatic nitrogens is 1. The first kappa shape index (κ1) is 19.0. The van der Waals surface area contributed by atoms with Gasteiger partial charge in [0.2, 0.25) is 0 Å². The molecular weight excluding hydrogens is 354 g/mol. The third-order valence-corrected chi connectivity index (χ3v) is 3.96. The van der Waals surface area contributed by atoms with Gasteiger partial charge in [-0.25, -0.2) is 4.98 Å². The van der Waals surface area contributed by atoms with Gasteiger partial charge in [-0.1, -0.05) is 30.3 Å². The third kappa shape index (κ3) is 5.35. The number of aryl methyl sites for hydroxylation is 1. The number of hydrogen-bond donors (Lipinski definition) is 2. The van der Waals surface area contributed by atoms with Crippen molar-refractivity contribution < 1.29 is 14.7 Å². The van der Waals surface area contributed by atoms with Crippen molar-refractivity contribution in [2.45, 2.75) is 13.3 Å². The molecule has 0 saturated carbocycles. The van der Waals surface area contributed by atoms with Gasteiger partial charge in [-0.2, -0.15) is 0 Å². The molecule has 0 atom stereocenters. The summed E-state index contributed by atoms with van der Waals surface area (Å²) < 4.78 is 0. The van der Waals surface area contributed by atoms with Crippen molar-refractivity contribution in [2.75, 3.05) is 5.32 Å². The highest BCUT2D eigenvalue weighted by atomic mass is 16.4. The van der Waals surface area contributed by atoms with Crippen LogP contribution in [0.25, 0.3) is 0 Å². The molecule has 0 aliphatic carbocycles. The highest BCUT2D eigenvalue weighted by Gasteiger charge is 2.06. The fraction of sp³-hybridized carbons (Fsp3) is 0.0909. The maximum atomic E-state index is 12.3. The topological polar surface area (TPSA) is 91.7 Å². The lowest BCUT2D eigenvalue weighted by Crippen LogP contribution is -2.12. The summed E-state index contributed by atoms with van der Waals surface area (Å²) in [6.07, 6.45) is 1.69. The molecule has 0 fully saturated rings. The maximum Gasteiger partial charge on any atom is 0.307 e. The van der Waals surface area contributed by atoms with Gasteiger partial charge in [0, 0.05) is 17.5 Å². The number of carbonyl (C=O) groups excluding carboxylic acids is 1. The average molecular weight is 373 g/mol. The summed E-state index contributed by atoms with van der Waals surface area (Å²) in [7, 11) is 0. The summed E-state index contributed by atoms with van der Waals surface area (Å²) in [6, 6.07) is 19.5. The molecule has 0 radical (unpaired) electrons. The van der Waals surface area contributed by atoms with Crippen LogP contribution in [-0.4, -0.2) is 28.2 Å². The fourth-order valence-corrected chi connectivity index (χ4v) is 2.55. The van der Waals surface area contributed by atoms with E-state index in [4.69, 9.17) is 5.11 Å². The standard InChI is InChI=1S/C22H19N3O3/c1-15-3-2-4-20(24-15)25-22(28)18-9-11-19(12-10-18)23-14-17-7-5-16(6-8-17)13-21(26)27/h2-12,14H,13H2,1H3,(H,26,27)(H,24,25,28). The molecule has 2 N–H and O–H groups in total. The number of pyridine rings is 1. The largest absolute Gasteiger partial charge is 0.481 e. The predicted octanol–water partition coefficient (Wildman–Crippen LogP) is 4.02. The molecule has 140 valence electrons. The molecule has 0 spiro atoms. The van der Waals surface area contributed by atoms with Crippen LogP contribution in [0.15, 0.2) is 71.7 Å². The summed E-state index contributed by atoms with van der Waals surface area (Å²) in [5.41, 5.74) is 3.66. The van der Waals surface area contributed by atoms with Crippen molar-refractivity contribution in [3.63, 3.8) is 0 Å². The van der Waals surface area contributed by atoms with E-state index in [0.29, 0.717) is 17.1 Å². The Balaban J connectivity index is 1.63. The first-order valence-corrected chi connectivity index (χ1v) is 8.69. The molecular formula is C22H19N3O3. The molecule has 1 amide bonds. The Morgan fingerprint density at radius 2 is 1.75 bits per heavy atom. The van der Waals surface area contributed by atoms with Crippen LogP contribution >= 0.6 is 0 Å². The van der Waals surface area contributed by atoms with Gasteiger partial charge in [0.05, 0.1) is 12.1 Å².